The van der Waals surface area contributed by atoms with Crippen LogP contribution in [0.2, 0.25) is 0 Å². The standard InChI is InChI=1S/C14H9BrO/c15-14-9-8-13(16)10-12(14)7-6-11-4-2-1-3-5-11/h1-5,8-10,16H. The van der Waals surface area contributed by atoms with Gasteiger partial charge in [-0.15, -0.1) is 0 Å². The molecule has 0 atom stereocenters. The van der Waals surface area contributed by atoms with E-state index in [0.29, 0.717) is 0 Å². The maximum Gasteiger partial charge on any atom is 0.116 e. The van der Waals surface area contributed by atoms with Crippen LogP contribution in [-0.4, -0.2) is 5.11 Å². The van der Waals surface area contributed by atoms with Crippen LogP contribution in [-0.2, 0) is 0 Å². The van der Waals surface area contributed by atoms with E-state index in [1.807, 2.05) is 30.3 Å². The summed E-state index contributed by atoms with van der Waals surface area (Å²) in [5.41, 5.74) is 1.74. The number of hydrogen-bond acceptors (Lipinski definition) is 1. The highest BCUT2D eigenvalue weighted by atomic mass is 79.9. The summed E-state index contributed by atoms with van der Waals surface area (Å²) < 4.78 is 0.883. The highest BCUT2D eigenvalue weighted by molar-refractivity contribution is 9.10. The highest BCUT2D eigenvalue weighted by Gasteiger charge is 1.97. The molecule has 0 radical (unpaired) electrons. The number of aromatic hydroxyl groups is 1. The van der Waals surface area contributed by atoms with E-state index in [2.05, 4.69) is 27.8 Å². The zero-order chi connectivity index (χ0) is 11.4. The van der Waals surface area contributed by atoms with Gasteiger partial charge in [-0.25, -0.2) is 0 Å². The number of phenols is 1. The van der Waals surface area contributed by atoms with Gasteiger partial charge in [-0.2, -0.15) is 0 Å². The largest absolute Gasteiger partial charge is 0.508 e. The second-order valence-corrected chi connectivity index (χ2v) is 4.13. The molecule has 2 heteroatoms. The second-order valence-electron chi connectivity index (χ2n) is 3.28. The van der Waals surface area contributed by atoms with E-state index in [-0.39, 0.29) is 5.75 Å². The van der Waals surface area contributed by atoms with Gasteiger partial charge in [-0.1, -0.05) is 30.0 Å². The minimum atomic E-state index is 0.223. The first kappa shape index (κ1) is 10.8. The summed E-state index contributed by atoms with van der Waals surface area (Å²) in [5, 5.41) is 9.35. The lowest BCUT2D eigenvalue weighted by molar-refractivity contribution is 0.475. The quantitative estimate of drug-likeness (QED) is 0.728. The Bertz CT molecular complexity index is 550. The molecule has 2 rings (SSSR count). The topological polar surface area (TPSA) is 20.2 Å². The number of hydrogen-bond donors (Lipinski definition) is 1. The summed E-state index contributed by atoms with van der Waals surface area (Å²) in [6.45, 7) is 0. The molecule has 0 aliphatic heterocycles. The molecule has 0 spiro atoms. The summed E-state index contributed by atoms with van der Waals surface area (Å²) in [7, 11) is 0. The first-order valence-electron chi connectivity index (χ1n) is 4.81. The third kappa shape index (κ3) is 2.65. The van der Waals surface area contributed by atoms with Crippen LogP contribution < -0.4 is 0 Å². The predicted octanol–water partition coefficient (Wildman–Crippen LogP) is 3.55. The lowest BCUT2D eigenvalue weighted by Gasteiger charge is -1.96. The van der Waals surface area contributed by atoms with E-state index >= 15 is 0 Å². The molecule has 0 saturated carbocycles. The summed E-state index contributed by atoms with van der Waals surface area (Å²) >= 11 is 3.39. The van der Waals surface area contributed by atoms with Crippen molar-refractivity contribution in [2.24, 2.45) is 0 Å². The van der Waals surface area contributed by atoms with Crippen molar-refractivity contribution in [2.75, 3.05) is 0 Å². The number of halogens is 1. The fourth-order valence-electron chi connectivity index (χ4n) is 1.27. The van der Waals surface area contributed by atoms with Crippen molar-refractivity contribution in [1.29, 1.82) is 0 Å². The van der Waals surface area contributed by atoms with Crippen molar-refractivity contribution in [3.8, 4) is 17.6 Å². The molecule has 0 aromatic heterocycles. The molecule has 1 nitrogen and oxygen atoms in total. The smallest absolute Gasteiger partial charge is 0.116 e. The van der Waals surface area contributed by atoms with E-state index in [0.717, 1.165) is 15.6 Å². The lowest BCUT2D eigenvalue weighted by Crippen LogP contribution is -1.78. The molecule has 78 valence electrons. The van der Waals surface area contributed by atoms with Crippen LogP contribution in [0.15, 0.2) is 53.0 Å². The molecule has 2 aromatic carbocycles. The second kappa shape index (κ2) is 4.87. The van der Waals surface area contributed by atoms with Gasteiger partial charge in [-0.05, 0) is 46.3 Å². The first-order valence-corrected chi connectivity index (χ1v) is 5.60. The molecule has 1 N–H and O–H groups in total. The van der Waals surface area contributed by atoms with Crippen LogP contribution in [0.3, 0.4) is 0 Å². The van der Waals surface area contributed by atoms with Crippen LogP contribution in [0.25, 0.3) is 0 Å². The molecule has 16 heavy (non-hydrogen) atoms. The van der Waals surface area contributed by atoms with Crippen LogP contribution in [0.1, 0.15) is 11.1 Å². The Kier molecular flexibility index (Phi) is 3.28. The van der Waals surface area contributed by atoms with Gasteiger partial charge in [0, 0.05) is 15.6 Å². The third-order valence-electron chi connectivity index (χ3n) is 2.07. The summed E-state index contributed by atoms with van der Waals surface area (Å²) in [6, 6.07) is 14.8. The number of benzene rings is 2. The molecular formula is C14H9BrO. The van der Waals surface area contributed by atoms with Gasteiger partial charge < -0.3 is 5.11 Å². The van der Waals surface area contributed by atoms with Crippen LogP contribution in [0, 0.1) is 11.8 Å². The molecule has 0 heterocycles. The molecule has 0 aliphatic carbocycles. The Morgan fingerprint density at radius 2 is 1.69 bits per heavy atom. The molecule has 0 fully saturated rings. The van der Waals surface area contributed by atoms with Crippen molar-refractivity contribution < 1.29 is 5.11 Å². The minimum Gasteiger partial charge on any atom is -0.508 e. The van der Waals surface area contributed by atoms with E-state index < -0.39 is 0 Å². The maximum atomic E-state index is 9.35. The van der Waals surface area contributed by atoms with Gasteiger partial charge in [0.25, 0.3) is 0 Å². The maximum absolute atomic E-state index is 9.35. The monoisotopic (exact) mass is 272 g/mol. The van der Waals surface area contributed by atoms with E-state index in [1.54, 1.807) is 18.2 Å². The zero-order valence-corrected chi connectivity index (χ0v) is 10.0. The molecule has 0 unspecified atom stereocenters. The van der Waals surface area contributed by atoms with Gasteiger partial charge in [-0.3, -0.25) is 0 Å². The van der Waals surface area contributed by atoms with Crippen LogP contribution in [0.5, 0.6) is 5.75 Å². The van der Waals surface area contributed by atoms with Crippen molar-refractivity contribution >= 4 is 15.9 Å². The lowest BCUT2D eigenvalue weighted by atomic mass is 10.2. The molecule has 0 saturated heterocycles. The molecule has 2 aromatic rings. The van der Waals surface area contributed by atoms with Crippen LogP contribution in [0.4, 0.5) is 0 Å². The van der Waals surface area contributed by atoms with E-state index in [4.69, 9.17) is 0 Å². The van der Waals surface area contributed by atoms with Crippen molar-refractivity contribution in [1.82, 2.24) is 0 Å². The Morgan fingerprint density at radius 3 is 2.44 bits per heavy atom. The summed E-state index contributed by atoms with van der Waals surface area (Å²) in [4.78, 5) is 0. The Balaban J connectivity index is 2.34. The molecule has 0 amide bonds. The third-order valence-corrected chi connectivity index (χ3v) is 2.76. The Morgan fingerprint density at radius 1 is 0.938 bits per heavy atom. The highest BCUT2D eigenvalue weighted by Crippen LogP contribution is 2.20. The zero-order valence-electron chi connectivity index (χ0n) is 8.44. The Hall–Kier alpha value is -1.72. The van der Waals surface area contributed by atoms with Crippen molar-refractivity contribution in [3.05, 3.63) is 64.1 Å². The number of rotatable bonds is 0. The average Bonchev–Trinajstić information content (AvgIpc) is 2.32. The van der Waals surface area contributed by atoms with E-state index in [9.17, 15) is 5.11 Å². The van der Waals surface area contributed by atoms with Crippen LogP contribution >= 0.6 is 15.9 Å². The van der Waals surface area contributed by atoms with Gasteiger partial charge in [0.05, 0.1) is 0 Å². The summed E-state index contributed by atoms with van der Waals surface area (Å²) in [5.74, 6) is 6.27. The van der Waals surface area contributed by atoms with E-state index in [1.165, 1.54) is 0 Å². The summed E-state index contributed by atoms with van der Waals surface area (Å²) in [6.07, 6.45) is 0. The van der Waals surface area contributed by atoms with Crippen molar-refractivity contribution in [2.45, 2.75) is 0 Å². The fraction of sp³-hybridized carbons (Fsp3) is 0. The van der Waals surface area contributed by atoms with Gasteiger partial charge in [0.15, 0.2) is 0 Å². The normalized spacial score (nSPS) is 9.31. The predicted molar refractivity (Wildman–Crippen MR) is 68.2 cm³/mol. The molecule has 0 aliphatic rings. The van der Waals surface area contributed by atoms with Gasteiger partial charge >= 0.3 is 0 Å². The van der Waals surface area contributed by atoms with Gasteiger partial charge in [0.2, 0.25) is 0 Å². The Labute approximate surface area is 103 Å². The molecular weight excluding hydrogens is 264 g/mol. The minimum absolute atomic E-state index is 0.223. The SMILES string of the molecule is Oc1ccc(Br)c(C#Cc2ccccc2)c1. The molecule has 0 bridgehead atoms. The van der Waals surface area contributed by atoms with Gasteiger partial charge in [0.1, 0.15) is 5.75 Å². The van der Waals surface area contributed by atoms with Crippen molar-refractivity contribution in [3.63, 3.8) is 0 Å². The first-order chi connectivity index (χ1) is 7.75. The fourth-order valence-corrected chi connectivity index (χ4v) is 1.62. The number of phenolic OH excluding ortho intramolecular Hbond substituents is 1. The average molecular weight is 273 g/mol.